The summed E-state index contributed by atoms with van der Waals surface area (Å²) in [6.45, 7) is 6.66. The fraction of sp³-hybridized carbons (Fsp3) is 0.529. The first-order chi connectivity index (χ1) is 10.4. The van der Waals surface area contributed by atoms with Gasteiger partial charge in [0.2, 0.25) is 5.91 Å². The second-order valence-corrected chi connectivity index (χ2v) is 6.10. The van der Waals surface area contributed by atoms with Gasteiger partial charge in [-0.3, -0.25) is 4.79 Å². The highest BCUT2D eigenvalue weighted by Gasteiger charge is 2.32. The largest absolute Gasteiger partial charge is 0.352 e. The van der Waals surface area contributed by atoms with Gasteiger partial charge in [-0.15, -0.1) is 0 Å². The van der Waals surface area contributed by atoms with Crippen LogP contribution in [0, 0.1) is 12.8 Å². The summed E-state index contributed by atoms with van der Waals surface area (Å²) in [5, 5.41) is 2.62. The molecule has 1 aliphatic rings. The van der Waals surface area contributed by atoms with Crippen LogP contribution in [0.1, 0.15) is 37.8 Å². The normalized spacial score (nSPS) is 16.6. The molecule has 22 heavy (non-hydrogen) atoms. The minimum atomic E-state index is -0.653. The third kappa shape index (κ3) is 3.40. The average Bonchev–Trinajstić information content (AvgIpc) is 2.50. The maximum absolute atomic E-state index is 13.0. The zero-order valence-corrected chi connectivity index (χ0v) is 13.6. The SMILES string of the molecule is CC[C@@H](C)[C@H](NC(N)=O)C(=O)N1CCCc2ccc(C)cc21. The van der Waals surface area contributed by atoms with Crippen molar-refractivity contribution in [1.82, 2.24) is 5.32 Å². The van der Waals surface area contributed by atoms with Gasteiger partial charge in [0.05, 0.1) is 0 Å². The molecule has 0 unspecified atom stereocenters. The van der Waals surface area contributed by atoms with Crippen molar-refractivity contribution in [2.45, 2.75) is 46.1 Å². The van der Waals surface area contributed by atoms with E-state index in [0.717, 1.165) is 30.5 Å². The number of primary amides is 1. The number of hydrogen-bond donors (Lipinski definition) is 2. The Labute approximate surface area is 131 Å². The molecule has 1 heterocycles. The van der Waals surface area contributed by atoms with E-state index < -0.39 is 12.1 Å². The average molecular weight is 303 g/mol. The van der Waals surface area contributed by atoms with E-state index in [1.54, 1.807) is 4.90 Å². The molecule has 2 rings (SSSR count). The predicted octanol–water partition coefficient (Wildman–Crippen LogP) is 2.36. The lowest BCUT2D eigenvalue weighted by atomic mass is 9.94. The predicted molar refractivity (Wildman–Crippen MR) is 87.8 cm³/mol. The second-order valence-electron chi connectivity index (χ2n) is 6.10. The number of carbonyl (C=O) groups excluding carboxylic acids is 2. The number of aryl methyl sites for hydroxylation is 2. The summed E-state index contributed by atoms with van der Waals surface area (Å²) in [5.41, 5.74) is 8.53. The first kappa shape index (κ1) is 16.3. The van der Waals surface area contributed by atoms with Gasteiger partial charge in [-0.2, -0.15) is 0 Å². The molecule has 2 atom stereocenters. The molecule has 0 aliphatic carbocycles. The van der Waals surface area contributed by atoms with E-state index in [1.165, 1.54) is 5.56 Å². The number of nitrogens with two attached hydrogens (primary N) is 1. The van der Waals surface area contributed by atoms with Crippen LogP contribution >= 0.6 is 0 Å². The molecule has 1 aromatic carbocycles. The number of benzene rings is 1. The molecule has 1 aliphatic heterocycles. The number of urea groups is 1. The Bertz CT molecular complexity index is 571. The lowest BCUT2D eigenvalue weighted by Crippen LogP contribution is -2.54. The van der Waals surface area contributed by atoms with E-state index in [9.17, 15) is 9.59 Å². The molecule has 0 spiro atoms. The van der Waals surface area contributed by atoms with Gasteiger partial charge in [0.25, 0.3) is 0 Å². The summed E-state index contributed by atoms with van der Waals surface area (Å²) >= 11 is 0. The van der Waals surface area contributed by atoms with Gasteiger partial charge < -0.3 is 16.0 Å². The van der Waals surface area contributed by atoms with Crippen LogP contribution < -0.4 is 16.0 Å². The topological polar surface area (TPSA) is 75.4 Å². The number of amides is 3. The lowest BCUT2D eigenvalue weighted by molar-refractivity contribution is -0.121. The molecule has 0 bridgehead atoms. The molecule has 0 saturated carbocycles. The molecule has 120 valence electrons. The number of anilines is 1. The molecule has 0 aromatic heterocycles. The Hall–Kier alpha value is -2.04. The second kappa shape index (κ2) is 6.81. The van der Waals surface area contributed by atoms with E-state index in [2.05, 4.69) is 17.4 Å². The lowest BCUT2D eigenvalue weighted by Gasteiger charge is -2.34. The molecular formula is C17H25N3O2. The standard InChI is InChI=1S/C17H25N3O2/c1-4-12(3)15(19-17(18)22)16(21)20-9-5-6-13-8-7-11(2)10-14(13)20/h7-8,10,12,15H,4-6,9H2,1-3H3,(H3,18,19,22)/t12-,15+/m1/s1. The van der Waals surface area contributed by atoms with E-state index in [-0.39, 0.29) is 11.8 Å². The Morgan fingerprint density at radius 2 is 2.14 bits per heavy atom. The summed E-state index contributed by atoms with van der Waals surface area (Å²) in [6, 6.07) is 4.98. The van der Waals surface area contributed by atoms with Gasteiger partial charge in [0, 0.05) is 12.2 Å². The highest BCUT2D eigenvalue weighted by Crippen LogP contribution is 2.29. The number of rotatable bonds is 4. The fourth-order valence-electron chi connectivity index (χ4n) is 2.92. The van der Waals surface area contributed by atoms with Crippen LogP contribution in [0.5, 0.6) is 0 Å². The highest BCUT2D eigenvalue weighted by atomic mass is 16.2. The number of nitrogens with zero attached hydrogens (tertiary/aromatic N) is 1. The van der Waals surface area contributed by atoms with Gasteiger partial charge >= 0.3 is 6.03 Å². The zero-order chi connectivity index (χ0) is 16.3. The summed E-state index contributed by atoms with van der Waals surface area (Å²) in [5.74, 6) is -0.0325. The number of nitrogens with one attached hydrogen (secondary N) is 1. The van der Waals surface area contributed by atoms with Crippen molar-refractivity contribution < 1.29 is 9.59 Å². The Balaban J connectivity index is 2.32. The third-order valence-electron chi connectivity index (χ3n) is 4.40. The smallest absolute Gasteiger partial charge is 0.312 e. The summed E-state index contributed by atoms with van der Waals surface area (Å²) in [7, 11) is 0. The van der Waals surface area contributed by atoms with Crippen molar-refractivity contribution in [3.8, 4) is 0 Å². The minimum absolute atomic E-state index is 0.0372. The van der Waals surface area contributed by atoms with Crippen LogP contribution in [0.25, 0.3) is 0 Å². The van der Waals surface area contributed by atoms with Crippen molar-refractivity contribution in [1.29, 1.82) is 0 Å². The minimum Gasteiger partial charge on any atom is -0.352 e. The summed E-state index contributed by atoms with van der Waals surface area (Å²) in [4.78, 5) is 26.0. The molecular weight excluding hydrogens is 278 g/mol. The first-order valence-electron chi connectivity index (χ1n) is 7.91. The zero-order valence-electron chi connectivity index (χ0n) is 13.6. The van der Waals surface area contributed by atoms with E-state index in [0.29, 0.717) is 6.54 Å². The van der Waals surface area contributed by atoms with E-state index in [4.69, 9.17) is 5.73 Å². The first-order valence-corrected chi connectivity index (χ1v) is 7.91. The van der Waals surface area contributed by atoms with Crippen molar-refractivity contribution >= 4 is 17.6 Å². The van der Waals surface area contributed by atoms with Gasteiger partial charge in [0.1, 0.15) is 6.04 Å². The Morgan fingerprint density at radius 1 is 1.41 bits per heavy atom. The van der Waals surface area contributed by atoms with Crippen molar-refractivity contribution in [2.75, 3.05) is 11.4 Å². The molecule has 3 N–H and O–H groups in total. The fourth-order valence-corrected chi connectivity index (χ4v) is 2.92. The molecule has 3 amide bonds. The molecule has 1 aromatic rings. The maximum atomic E-state index is 13.0. The molecule has 0 fully saturated rings. The number of hydrogen-bond acceptors (Lipinski definition) is 2. The third-order valence-corrected chi connectivity index (χ3v) is 4.40. The Morgan fingerprint density at radius 3 is 2.77 bits per heavy atom. The molecule has 0 radical (unpaired) electrons. The van der Waals surface area contributed by atoms with Crippen molar-refractivity contribution in [3.63, 3.8) is 0 Å². The maximum Gasteiger partial charge on any atom is 0.312 e. The van der Waals surface area contributed by atoms with Crippen LogP contribution in [-0.2, 0) is 11.2 Å². The van der Waals surface area contributed by atoms with Crippen molar-refractivity contribution in [2.24, 2.45) is 11.7 Å². The van der Waals surface area contributed by atoms with Crippen molar-refractivity contribution in [3.05, 3.63) is 29.3 Å². The van der Waals surface area contributed by atoms with Gasteiger partial charge in [-0.1, -0.05) is 32.4 Å². The van der Waals surface area contributed by atoms with E-state index >= 15 is 0 Å². The quantitative estimate of drug-likeness (QED) is 0.896. The van der Waals surface area contributed by atoms with Gasteiger partial charge in [0.15, 0.2) is 0 Å². The van der Waals surface area contributed by atoms with E-state index in [1.807, 2.05) is 26.8 Å². The molecule has 5 heteroatoms. The van der Waals surface area contributed by atoms with Crippen LogP contribution in [0.3, 0.4) is 0 Å². The van der Waals surface area contributed by atoms with Gasteiger partial charge in [-0.25, -0.2) is 4.79 Å². The molecule has 0 saturated heterocycles. The summed E-state index contributed by atoms with van der Waals surface area (Å²) in [6.07, 6.45) is 2.72. The van der Waals surface area contributed by atoms with Crippen LogP contribution in [0.15, 0.2) is 18.2 Å². The number of carbonyl (C=O) groups is 2. The monoisotopic (exact) mass is 303 g/mol. The van der Waals surface area contributed by atoms with Crippen LogP contribution in [-0.4, -0.2) is 24.5 Å². The van der Waals surface area contributed by atoms with Gasteiger partial charge in [-0.05, 0) is 42.9 Å². The Kier molecular flexibility index (Phi) is 5.06. The van der Waals surface area contributed by atoms with Crippen LogP contribution in [0.4, 0.5) is 10.5 Å². The number of fused-ring (bicyclic) bond motifs is 1. The highest BCUT2D eigenvalue weighted by molar-refractivity contribution is 6.00. The summed E-state index contributed by atoms with van der Waals surface area (Å²) < 4.78 is 0. The molecule has 5 nitrogen and oxygen atoms in total. The van der Waals surface area contributed by atoms with Crippen LogP contribution in [0.2, 0.25) is 0 Å².